The van der Waals surface area contributed by atoms with Gasteiger partial charge in [0.05, 0.1) is 22.3 Å². The summed E-state index contributed by atoms with van der Waals surface area (Å²) < 4.78 is 0. The number of hydrogen-bond donors (Lipinski definition) is 1. The Bertz CT molecular complexity index is 391. The molecule has 0 spiro atoms. The molecule has 0 aliphatic heterocycles. The molecule has 0 radical (unpaired) electrons. The van der Waals surface area contributed by atoms with Crippen molar-refractivity contribution in [2.75, 3.05) is 11.9 Å². The Morgan fingerprint density at radius 2 is 2.27 bits per heavy atom. The van der Waals surface area contributed by atoms with Crippen molar-refractivity contribution in [3.63, 3.8) is 0 Å². The smallest absolute Gasteiger partial charge is 0.0992 e. The van der Waals surface area contributed by atoms with E-state index in [1.807, 2.05) is 6.07 Å². The predicted molar refractivity (Wildman–Crippen MR) is 62.0 cm³/mol. The monoisotopic (exact) mass is 220 g/mol. The van der Waals surface area contributed by atoms with Crippen molar-refractivity contribution in [2.45, 2.75) is 19.3 Å². The highest BCUT2D eigenvalue weighted by molar-refractivity contribution is 6.33. The van der Waals surface area contributed by atoms with E-state index in [1.165, 1.54) is 19.3 Å². The highest BCUT2D eigenvalue weighted by atomic mass is 35.5. The zero-order chi connectivity index (χ0) is 10.7. The van der Waals surface area contributed by atoms with E-state index in [0.717, 1.165) is 18.2 Å². The summed E-state index contributed by atoms with van der Waals surface area (Å²) in [6.07, 6.45) is 3.97. The van der Waals surface area contributed by atoms with Crippen molar-refractivity contribution in [3.05, 3.63) is 28.8 Å². The maximum Gasteiger partial charge on any atom is 0.0992 e. The number of anilines is 1. The molecule has 2 nitrogen and oxygen atoms in total. The van der Waals surface area contributed by atoms with Gasteiger partial charge in [-0.1, -0.05) is 24.4 Å². The van der Waals surface area contributed by atoms with Gasteiger partial charge in [-0.05, 0) is 30.5 Å². The van der Waals surface area contributed by atoms with Gasteiger partial charge < -0.3 is 5.32 Å². The van der Waals surface area contributed by atoms with Crippen LogP contribution >= 0.6 is 11.6 Å². The summed E-state index contributed by atoms with van der Waals surface area (Å²) in [6, 6.07) is 7.41. The lowest BCUT2D eigenvalue weighted by molar-refractivity contribution is 0.760. The molecule has 0 heterocycles. The van der Waals surface area contributed by atoms with Crippen LogP contribution in [0.1, 0.15) is 24.8 Å². The first-order valence-electron chi connectivity index (χ1n) is 5.23. The van der Waals surface area contributed by atoms with Crippen LogP contribution in [-0.2, 0) is 0 Å². The highest BCUT2D eigenvalue weighted by Gasteiger charge is 2.20. The maximum absolute atomic E-state index is 8.68. The van der Waals surface area contributed by atoms with Gasteiger partial charge in [0.2, 0.25) is 0 Å². The third kappa shape index (κ3) is 2.87. The van der Waals surface area contributed by atoms with Crippen LogP contribution in [0, 0.1) is 17.2 Å². The number of benzene rings is 1. The standard InChI is InChI=1S/C12H13ClN2/c13-11-7-10(8-14)3-4-12(11)15-6-5-9-1-2-9/h3-4,7,9,15H,1-2,5-6H2. The minimum Gasteiger partial charge on any atom is -0.384 e. The molecule has 1 aliphatic rings. The Morgan fingerprint density at radius 3 is 2.87 bits per heavy atom. The summed E-state index contributed by atoms with van der Waals surface area (Å²) in [7, 11) is 0. The average Bonchev–Trinajstić information content (AvgIpc) is 3.04. The number of rotatable bonds is 4. The molecule has 1 aromatic rings. The maximum atomic E-state index is 8.68. The topological polar surface area (TPSA) is 35.8 Å². The molecule has 0 aromatic heterocycles. The van der Waals surface area contributed by atoms with Crippen LogP contribution < -0.4 is 5.32 Å². The number of nitrogens with one attached hydrogen (secondary N) is 1. The molecule has 0 bridgehead atoms. The van der Waals surface area contributed by atoms with Crippen LogP contribution in [0.4, 0.5) is 5.69 Å². The third-order valence-corrected chi connectivity index (χ3v) is 2.98. The molecule has 3 heteroatoms. The first kappa shape index (κ1) is 10.3. The fourth-order valence-electron chi connectivity index (χ4n) is 1.55. The Kier molecular flexibility index (Phi) is 3.13. The fourth-order valence-corrected chi connectivity index (χ4v) is 1.79. The molecular formula is C12H13ClN2. The van der Waals surface area contributed by atoms with Crippen LogP contribution in [0.3, 0.4) is 0 Å². The number of halogens is 1. The van der Waals surface area contributed by atoms with Crippen LogP contribution in [-0.4, -0.2) is 6.54 Å². The van der Waals surface area contributed by atoms with Crippen molar-refractivity contribution in [1.82, 2.24) is 0 Å². The highest BCUT2D eigenvalue weighted by Crippen LogP contribution is 2.32. The lowest BCUT2D eigenvalue weighted by atomic mass is 10.2. The quantitative estimate of drug-likeness (QED) is 0.844. The van der Waals surface area contributed by atoms with E-state index in [2.05, 4.69) is 11.4 Å². The first-order valence-corrected chi connectivity index (χ1v) is 5.61. The van der Waals surface area contributed by atoms with E-state index in [-0.39, 0.29) is 0 Å². The first-order chi connectivity index (χ1) is 7.29. The van der Waals surface area contributed by atoms with Gasteiger partial charge in [-0.15, -0.1) is 0 Å². The van der Waals surface area contributed by atoms with Crippen molar-refractivity contribution in [1.29, 1.82) is 5.26 Å². The van der Waals surface area contributed by atoms with Crippen LogP contribution in [0.15, 0.2) is 18.2 Å². The fraction of sp³-hybridized carbons (Fsp3) is 0.417. The molecule has 78 valence electrons. The summed E-state index contributed by atoms with van der Waals surface area (Å²) in [5.74, 6) is 0.926. The van der Waals surface area contributed by atoms with Crippen LogP contribution in [0.5, 0.6) is 0 Å². The molecule has 2 rings (SSSR count). The minimum atomic E-state index is 0.604. The molecule has 1 aliphatic carbocycles. The predicted octanol–water partition coefficient (Wildman–Crippen LogP) is 3.42. The SMILES string of the molecule is N#Cc1ccc(NCCC2CC2)c(Cl)c1. The summed E-state index contributed by atoms with van der Waals surface area (Å²) in [6.45, 7) is 0.969. The van der Waals surface area contributed by atoms with E-state index in [0.29, 0.717) is 10.6 Å². The zero-order valence-electron chi connectivity index (χ0n) is 8.46. The van der Waals surface area contributed by atoms with E-state index in [4.69, 9.17) is 16.9 Å². The van der Waals surface area contributed by atoms with Crippen molar-refractivity contribution in [3.8, 4) is 6.07 Å². The summed E-state index contributed by atoms with van der Waals surface area (Å²) >= 11 is 6.03. The second-order valence-corrected chi connectivity index (χ2v) is 4.37. The van der Waals surface area contributed by atoms with E-state index in [1.54, 1.807) is 12.1 Å². The van der Waals surface area contributed by atoms with E-state index < -0.39 is 0 Å². The van der Waals surface area contributed by atoms with Crippen LogP contribution in [0.2, 0.25) is 5.02 Å². The normalized spacial score (nSPS) is 14.7. The summed E-state index contributed by atoms with van der Waals surface area (Å²) in [5, 5.41) is 12.6. The largest absolute Gasteiger partial charge is 0.384 e. The minimum absolute atomic E-state index is 0.604. The number of nitrogens with zero attached hydrogens (tertiary/aromatic N) is 1. The van der Waals surface area contributed by atoms with Gasteiger partial charge in [-0.3, -0.25) is 0 Å². The molecule has 0 unspecified atom stereocenters. The van der Waals surface area contributed by atoms with E-state index >= 15 is 0 Å². The van der Waals surface area contributed by atoms with Gasteiger partial charge in [-0.2, -0.15) is 5.26 Å². The molecule has 0 amide bonds. The van der Waals surface area contributed by atoms with Crippen molar-refractivity contribution < 1.29 is 0 Å². The van der Waals surface area contributed by atoms with Gasteiger partial charge in [0, 0.05) is 6.54 Å². The molecule has 1 aromatic carbocycles. The molecule has 1 N–H and O–H groups in total. The van der Waals surface area contributed by atoms with Gasteiger partial charge in [0.25, 0.3) is 0 Å². The lowest BCUT2D eigenvalue weighted by Crippen LogP contribution is -2.02. The molecule has 15 heavy (non-hydrogen) atoms. The third-order valence-electron chi connectivity index (χ3n) is 2.66. The lowest BCUT2D eigenvalue weighted by Gasteiger charge is -2.07. The molecule has 0 atom stereocenters. The second kappa shape index (κ2) is 4.55. The number of nitriles is 1. The van der Waals surface area contributed by atoms with Gasteiger partial charge >= 0.3 is 0 Å². The molecule has 1 saturated carbocycles. The van der Waals surface area contributed by atoms with Gasteiger partial charge in [-0.25, -0.2) is 0 Å². The van der Waals surface area contributed by atoms with Crippen molar-refractivity contribution in [2.24, 2.45) is 5.92 Å². The van der Waals surface area contributed by atoms with Gasteiger partial charge in [0.15, 0.2) is 0 Å². The summed E-state index contributed by atoms with van der Waals surface area (Å²) in [4.78, 5) is 0. The molecular weight excluding hydrogens is 208 g/mol. The van der Waals surface area contributed by atoms with Gasteiger partial charge in [0.1, 0.15) is 0 Å². The Labute approximate surface area is 94.9 Å². The molecule has 0 saturated heterocycles. The second-order valence-electron chi connectivity index (χ2n) is 3.97. The average molecular weight is 221 g/mol. The Hall–Kier alpha value is -1.20. The zero-order valence-corrected chi connectivity index (χ0v) is 9.22. The Morgan fingerprint density at radius 1 is 1.47 bits per heavy atom. The van der Waals surface area contributed by atoms with Crippen LogP contribution in [0.25, 0.3) is 0 Å². The van der Waals surface area contributed by atoms with Crippen molar-refractivity contribution >= 4 is 17.3 Å². The Balaban J connectivity index is 1.92. The molecule has 1 fully saturated rings. The van der Waals surface area contributed by atoms with E-state index in [9.17, 15) is 0 Å². The summed E-state index contributed by atoms with van der Waals surface area (Å²) in [5.41, 5.74) is 1.53. The number of hydrogen-bond acceptors (Lipinski definition) is 2.